The highest BCUT2D eigenvalue weighted by atomic mass is 16.1. The molecule has 0 saturated carbocycles. The minimum atomic E-state index is 0.0989. The standard InChI is InChI=1S/C8H13N3O/c1-6(2)4-8(12)7-5-11(3)10-9-7/h5-6H,4H2,1-3H3/p+1. The van der Waals surface area contributed by atoms with E-state index in [1.807, 2.05) is 13.8 Å². The fourth-order valence-corrected chi connectivity index (χ4v) is 0.984. The van der Waals surface area contributed by atoms with Crippen molar-refractivity contribution in [2.24, 2.45) is 13.0 Å². The van der Waals surface area contributed by atoms with Crippen LogP contribution in [0.2, 0.25) is 0 Å². The Hall–Kier alpha value is -1.19. The second-order valence-electron chi connectivity index (χ2n) is 3.36. The first-order valence-corrected chi connectivity index (χ1v) is 4.04. The Morgan fingerprint density at radius 3 is 2.83 bits per heavy atom. The summed E-state index contributed by atoms with van der Waals surface area (Å²) in [4.78, 5) is 11.4. The molecule has 0 aliphatic carbocycles. The number of hydrogen-bond acceptors (Lipinski definition) is 2. The van der Waals surface area contributed by atoms with Crippen LogP contribution in [0, 0.1) is 5.92 Å². The number of rotatable bonds is 3. The van der Waals surface area contributed by atoms with Crippen molar-refractivity contribution in [1.82, 2.24) is 10.3 Å². The highest BCUT2D eigenvalue weighted by Crippen LogP contribution is 2.04. The molecule has 0 saturated heterocycles. The number of aromatic amines is 1. The van der Waals surface area contributed by atoms with E-state index in [0.29, 0.717) is 18.0 Å². The smallest absolute Gasteiger partial charge is 0.283 e. The molecule has 66 valence electrons. The normalized spacial score (nSPS) is 10.7. The third-order valence-electron chi connectivity index (χ3n) is 1.52. The summed E-state index contributed by atoms with van der Waals surface area (Å²) in [6.45, 7) is 4.04. The third kappa shape index (κ3) is 2.15. The van der Waals surface area contributed by atoms with Crippen LogP contribution < -0.4 is 4.68 Å². The van der Waals surface area contributed by atoms with Gasteiger partial charge >= 0.3 is 0 Å². The average molecular weight is 168 g/mol. The zero-order valence-corrected chi connectivity index (χ0v) is 7.66. The van der Waals surface area contributed by atoms with Gasteiger partial charge in [-0.1, -0.05) is 19.1 Å². The Labute approximate surface area is 71.6 Å². The van der Waals surface area contributed by atoms with E-state index in [1.54, 1.807) is 17.9 Å². The number of aryl methyl sites for hydroxylation is 1. The van der Waals surface area contributed by atoms with Crippen molar-refractivity contribution in [2.45, 2.75) is 20.3 Å². The van der Waals surface area contributed by atoms with Gasteiger partial charge in [0.15, 0.2) is 6.20 Å². The number of carbonyl (C=O) groups excluding carboxylic acids is 1. The minimum absolute atomic E-state index is 0.0989. The van der Waals surface area contributed by atoms with Crippen molar-refractivity contribution >= 4 is 5.78 Å². The lowest BCUT2D eigenvalue weighted by Gasteiger charge is -1.96. The lowest BCUT2D eigenvalue weighted by Crippen LogP contribution is -2.28. The van der Waals surface area contributed by atoms with Gasteiger partial charge in [-0.3, -0.25) is 4.79 Å². The largest absolute Gasteiger partial charge is 0.290 e. The Bertz CT molecular complexity index is 278. The number of nitrogens with one attached hydrogen (secondary N) is 1. The average Bonchev–Trinajstić information content (AvgIpc) is 2.34. The first-order valence-electron chi connectivity index (χ1n) is 4.04. The van der Waals surface area contributed by atoms with Gasteiger partial charge in [0.2, 0.25) is 5.78 Å². The molecular formula is C8H14N3O+. The van der Waals surface area contributed by atoms with E-state index in [9.17, 15) is 4.79 Å². The van der Waals surface area contributed by atoms with Crippen LogP contribution in [0.5, 0.6) is 0 Å². The van der Waals surface area contributed by atoms with Crippen LogP contribution in [0.4, 0.5) is 0 Å². The van der Waals surface area contributed by atoms with Crippen LogP contribution >= 0.6 is 0 Å². The lowest BCUT2D eigenvalue weighted by molar-refractivity contribution is -0.730. The molecule has 0 aliphatic rings. The number of aromatic nitrogens is 3. The van der Waals surface area contributed by atoms with E-state index < -0.39 is 0 Å². The van der Waals surface area contributed by atoms with Gasteiger partial charge < -0.3 is 0 Å². The quantitative estimate of drug-likeness (QED) is 0.526. The van der Waals surface area contributed by atoms with Gasteiger partial charge in [-0.05, 0) is 5.92 Å². The number of H-pyrrole nitrogens is 1. The first-order chi connectivity index (χ1) is 5.59. The predicted octanol–water partition coefficient (Wildman–Crippen LogP) is 0.463. The topological polar surface area (TPSA) is 49.6 Å². The molecule has 0 bridgehead atoms. The minimum Gasteiger partial charge on any atom is -0.290 e. The van der Waals surface area contributed by atoms with E-state index in [4.69, 9.17) is 0 Å². The molecule has 0 unspecified atom stereocenters. The summed E-state index contributed by atoms with van der Waals surface area (Å²) in [5.41, 5.74) is 0.520. The van der Waals surface area contributed by atoms with Crippen LogP contribution in [0.3, 0.4) is 0 Å². The van der Waals surface area contributed by atoms with E-state index in [2.05, 4.69) is 10.3 Å². The molecule has 1 rings (SSSR count). The van der Waals surface area contributed by atoms with Crippen molar-refractivity contribution in [3.05, 3.63) is 11.9 Å². The summed E-state index contributed by atoms with van der Waals surface area (Å²) >= 11 is 0. The maximum atomic E-state index is 11.4. The maximum Gasteiger partial charge on any atom is 0.283 e. The summed E-state index contributed by atoms with van der Waals surface area (Å²) < 4.78 is 1.66. The monoisotopic (exact) mass is 168 g/mol. The van der Waals surface area contributed by atoms with Gasteiger partial charge in [0.25, 0.3) is 5.69 Å². The van der Waals surface area contributed by atoms with Crippen molar-refractivity contribution in [3.63, 3.8) is 0 Å². The van der Waals surface area contributed by atoms with E-state index in [0.717, 1.165) is 0 Å². The third-order valence-corrected chi connectivity index (χ3v) is 1.52. The van der Waals surface area contributed by atoms with Crippen molar-refractivity contribution in [2.75, 3.05) is 0 Å². The SMILES string of the molecule is CC(C)CC(=O)c1c[n+](C)[nH]n1. The highest BCUT2D eigenvalue weighted by Gasteiger charge is 2.17. The number of carbonyl (C=O) groups is 1. The summed E-state index contributed by atoms with van der Waals surface area (Å²) in [5, 5.41) is 6.53. The Balaban J connectivity index is 2.65. The summed E-state index contributed by atoms with van der Waals surface area (Å²) in [5.74, 6) is 0.487. The molecule has 0 aliphatic heterocycles. The second kappa shape index (κ2) is 3.47. The summed E-state index contributed by atoms with van der Waals surface area (Å²) in [6, 6.07) is 0. The van der Waals surface area contributed by atoms with Crippen LogP contribution in [0.1, 0.15) is 30.8 Å². The van der Waals surface area contributed by atoms with E-state index in [-0.39, 0.29) is 5.78 Å². The van der Waals surface area contributed by atoms with Gasteiger partial charge in [-0.25, -0.2) is 0 Å². The maximum absolute atomic E-state index is 11.4. The first kappa shape index (κ1) is 8.90. The molecule has 1 N–H and O–H groups in total. The van der Waals surface area contributed by atoms with Gasteiger partial charge in [-0.2, -0.15) is 4.68 Å². The van der Waals surface area contributed by atoms with Crippen LogP contribution in [0.25, 0.3) is 0 Å². The van der Waals surface area contributed by atoms with Gasteiger partial charge in [0.1, 0.15) is 7.05 Å². The number of nitrogens with zero attached hydrogens (tertiary/aromatic N) is 2. The van der Waals surface area contributed by atoms with Crippen LogP contribution in [0.15, 0.2) is 6.20 Å². The molecule has 12 heavy (non-hydrogen) atoms. The molecule has 1 aromatic rings. The molecule has 0 radical (unpaired) electrons. The zero-order valence-electron chi connectivity index (χ0n) is 7.66. The van der Waals surface area contributed by atoms with E-state index >= 15 is 0 Å². The molecule has 4 nitrogen and oxygen atoms in total. The molecule has 0 atom stereocenters. The van der Waals surface area contributed by atoms with Crippen molar-refractivity contribution in [3.8, 4) is 0 Å². The van der Waals surface area contributed by atoms with Gasteiger partial charge in [-0.15, -0.1) is 0 Å². The molecule has 1 heterocycles. The molecule has 0 spiro atoms. The van der Waals surface area contributed by atoms with E-state index in [1.165, 1.54) is 0 Å². The Morgan fingerprint density at radius 1 is 1.75 bits per heavy atom. The van der Waals surface area contributed by atoms with Crippen LogP contribution in [-0.4, -0.2) is 16.1 Å². The molecule has 1 aromatic heterocycles. The fourth-order valence-electron chi connectivity index (χ4n) is 0.984. The predicted molar refractivity (Wildman–Crippen MR) is 43.5 cm³/mol. The van der Waals surface area contributed by atoms with Crippen molar-refractivity contribution < 1.29 is 9.48 Å². The number of Topliss-reactive ketones (excluding diaryl/α,β-unsaturated/α-hetero) is 1. The summed E-state index contributed by atoms with van der Waals surface area (Å²) in [6.07, 6.45) is 2.26. The zero-order chi connectivity index (χ0) is 9.14. The Kier molecular flexibility index (Phi) is 2.58. The number of ketones is 1. The van der Waals surface area contributed by atoms with Gasteiger partial charge in [0.05, 0.1) is 0 Å². The molecular weight excluding hydrogens is 154 g/mol. The number of hydrogen-bond donors (Lipinski definition) is 1. The summed E-state index contributed by atoms with van der Waals surface area (Å²) in [7, 11) is 1.80. The molecule has 0 aromatic carbocycles. The Morgan fingerprint density at radius 2 is 2.42 bits per heavy atom. The fraction of sp³-hybridized carbons (Fsp3) is 0.625. The lowest BCUT2D eigenvalue weighted by atomic mass is 10.1. The van der Waals surface area contributed by atoms with Gasteiger partial charge in [0, 0.05) is 11.5 Å². The highest BCUT2D eigenvalue weighted by molar-refractivity contribution is 5.93. The second-order valence-corrected chi connectivity index (χ2v) is 3.36. The van der Waals surface area contributed by atoms with Crippen LogP contribution in [-0.2, 0) is 7.05 Å². The molecule has 0 amide bonds. The van der Waals surface area contributed by atoms with Crippen molar-refractivity contribution in [1.29, 1.82) is 0 Å². The molecule has 0 fully saturated rings. The molecule has 4 heteroatoms.